The molecule has 0 amide bonds. The van der Waals surface area contributed by atoms with Crippen LogP contribution in [-0.2, 0) is 23.0 Å². The zero-order chi connectivity index (χ0) is 9.84. The van der Waals surface area contributed by atoms with Crippen LogP contribution in [0.25, 0.3) is 0 Å². The van der Waals surface area contributed by atoms with Crippen molar-refractivity contribution in [2.75, 3.05) is 7.11 Å². The minimum Gasteiger partial charge on any atom is -0.374 e. The summed E-state index contributed by atoms with van der Waals surface area (Å²) in [5.41, 5.74) is 0. The van der Waals surface area contributed by atoms with Crippen LogP contribution in [0, 0.1) is 0 Å². The van der Waals surface area contributed by atoms with Gasteiger partial charge in [0.05, 0.1) is 6.42 Å². The summed E-state index contributed by atoms with van der Waals surface area (Å²) < 4.78 is 6.75. The second kappa shape index (κ2) is 4.18. The molecule has 0 aliphatic carbocycles. The van der Waals surface area contributed by atoms with Crippen LogP contribution in [0.2, 0.25) is 0 Å². The van der Waals surface area contributed by atoms with Gasteiger partial charge in [0.15, 0.2) is 5.78 Å². The first-order valence-electron chi connectivity index (χ1n) is 4.17. The molecule has 0 radical (unpaired) electrons. The van der Waals surface area contributed by atoms with Crippen LogP contribution in [-0.4, -0.2) is 28.5 Å². The molecule has 0 aromatic carbocycles. The summed E-state index contributed by atoms with van der Waals surface area (Å²) in [5, 5.41) is 0. The molecular weight excluding hydrogens is 168 g/mol. The van der Waals surface area contributed by atoms with E-state index in [0.29, 0.717) is 6.42 Å². The summed E-state index contributed by atoms with van der Waals surface area (Å²) in [6, 6.07) is 0. The fourth-order valence-corrected chi connectivity index (χ4v) is 0.998. The van der Waals surface area contributed by atoms with Crippen molar-refractivity contribution in [3.05, 3.63) is 18.2 Å². The predicted molar refractivity (Wildman–Crippen MR) is 48.4 cm³/mol. The van der Waals surface area contributed by atoms with Gasteiger partial charge in [0, 0.05) is 26.6 Å². The Labute approximate surface area is 77.5 Å². The number of carbonyl (C=O) groups is 1. The van der Waals surface area contributed by atoms with Crippen molar-refractivity contribution in [1.29, 1.82) is 0 Å². The topological polar surface area (TPSA) is 44.1 Å². The second-order valence-corrected chi connectivity index (χ2v) is 2.98. The molecule has 0 N–H and O–H groups in total. The van der Waals surface area contributed by atoms with Crippen molar-refractivity contribution in [3.8, 4) is 0 Å². The number of ketones is 1. The van der Waals surface area contributed by atoms with Gasteiger partial charge in [-0.1, -0.05) is 0 Å². The Morgan fingerprint density at radius 3 is 2.92 bits per heavy atom. The van der Waals surface area contributed by atoms with E-state index < -0.39 is 0 Å². The molecule has 0 saturated heterocycles. The standard InChI is InChI=1S/C9H14N2O2/c1-7(13-3)8(12)6-9-10-4-5-11(9)2/h4-5,7H,6H2,1-3H3. The number of imidazole rings is 1. The third-order valence-corrected chi connectivity index (χ3v) is 2.06. The highest BCUT2D eigenvalue weighted by Crippen LogP contribution is 2.00. The number of hydrogen-bond donors (Lipinski definition) is 0. The van der Waals surface area contributed by atoms with Crippen LogP contribution in [0.1, 0.15) is 12.7 Å². The Morgan fingerprint density at radius 1 is 1.77 bits per heavy atom. The molecule has 0 saturated carbocycles. The third kappa shape index (κ3) is 2.39. The van der Waals surface area contributed by atoms with E-state index >= 15 is 0 Å². The molecule has 0 aliphatic heterocycles. The molecule has 1 aromatic heterocycles. The number of hydrogen-bond acceptors (Lipinski definition) is 3. The minimum atomic E-state index is -0.350. The zero-order valence-corrected chi connectivity index (χ0v) is 8.15. The Balaban J connectivity index is 2.60. The zero-order valence-electron chi connectivity index (χ0n) is 8.15. The number of rotatable bonds is 4. The first kappa shape index (κ1) is 9.92. The van der Waals surface area contributed by atoms with Crippen molar-refractivity contribution in [2.24, 2.45) is 7.05 Å². The molecule has 72 valence electrons. The number of nitrogens with zero attached hydrogens (tertiary/aromatic N) is 2. The molecule has 4 nitrogen and oxygen atoms in total. The summed E-state index contributed by atoms with van der Waals surface area (Å²) in [6.07, 6.45) is 3.48. The molecule has 4 heteroatoms. The van der Waals surface area contributed by atoms with Crippen LogP contribution in [0.4, 0.5) is 0 Å². The molecule has 1 heterocycles. The maximum absolute atomic E-state index is 11.4. The molecule has 0 bridgehead atoms. The molecule has 0 aliphatic rings. The highest BCUT2D eigenvalue weighted by atomic mass is 16.5. The molecule has 1 atom stereocenters. The van der Waals surface area contributed by atoms with Gasteiger partial charge in [0.1, 0.15) is 11.9 Å². The van der Waals surface area contributed by atoms with Gasteiger partial charge in [-0.15, -0.1) is 0 Å². The molecule has 1 aromatic rings. The number of ether oxygens (including phenoxy) is 1. The summed E-state index contributed by atoms with van der Waals surface area (Å²) in [6.45, 7) is 1.74. The number of aryl methyl sites for hydroxylation is 1. The van der Waals surface area contributed by atoms with Crippen molar-refractivity contribution < 1.29 is 9.53 Å². The lowest BCUT2D eigenvalue weighted by molar-refractivity contribution is -0.127. The van der Waals surface area contributed by atoms with Crippen molar-refractivity contribution >= 4 is 5.78 Å². The SMILES string of the molecule is COC(C)C(=O)Cc1nccn1C. The molecule has 1 unspecified atom stereocenters. The molecule has 0 spiro atoms. The number of carbonyl (C=O) groups excluding carboxylic acids is 1. The summed E-state index contributed by atoms with van der Waals surface area (Å²) >= 11 is 0. The second-order valence-electron chi connectivity index (χ2n) is 2.98. The van der Waals surface area contributed by atoms with E-state index in [2.05, 4.69) is 4.98 Å². The summed E-state index contributed by atoms with van der Waals surface area (Å²) in [7, 11) is 3.40. The fourth-order valence-electron chi connectivity index (χ4n) is 0.998. The van der Waals surface area contributed by atoms with E-state index in [9.17, 15) is 4.79 Å². The lowest BCUT2D eigenvalue weighted by atomic mass is 10.2. The molecular formula is C9H14N2O2. The quantitative estimate of drug-likeness (QED) is 0.683. The van der Waals surface area contributed by atoms with Crippen LogP contribution in [0.5, 0.6) is 0 Å². The van der Waals surface area contributed by atoms with E-state index in [1.807, 2.05) is 17.8 Å². The fraction of sp³-hybridized carbons (Fsp3) is 0.556. The number of aromatic nitrogens is 2. The van der Waals surface area contributed by atoms with Gasteiger partial charge in [0.25, 0.3) is 0 Å². The predicted octanol–water partition coefficient (Wildman–Crippen LogP) is 0.567. The van der Waals surface area contributed by atoms with E-state index in [1.165, 1.54) is 7.11 Å². The smallest absolute Gasteiger partial charge is 0.168 e. The first-order valence-corrected chi connectivity index (χ1v) is 4.17. The highest BCUT2D eigenvalue weighted by Gasteiger charge is 2.14. The van der Waals surface area contributed by atoms with Crippen molar-refractivity contribution in [3.63, 3.8) is 0 Å². The first-order chi connectivity index (χ1) is 6.15. The highest BCUT2D eigenvalue weighted by molar-refractivity contribution is 5.84. The van der Waals surface area contributed by atoms with Gasteiger partial charge in [0.2, 0.25) is 0 Å². The molecule has 1 rings (SSSR count). The maximum atomic E-state index is 11.4. The van der Waals surface area contributed by atoms with Gasteiger partial charge in [-0.25, -0.2) is 4.98 Å². The van der Waals surface area contributed by atoms with Crippen LogP contribution in [0.3, 0.4) is 0 Å². The average Bonchev–Trinajstić information content (AvgIpc) is 2.50. The Morgan fingerprint density at radius 2 is 2.46 bits per heavy atom. The third-order valence-electron chi connectivity index (χ3n) is 2.06. The lowest BCUT2D eigenvalue weighted by Crippen LogP contribution is -2.22. The monoisotopic (exact) mass is 182 g/mol. The van der Waals surface area contributed by atoms with E-state index in [1.54, 1.807) is 13.1 Å². The Kier molecular flexibility index (Phi) is 3.19. The molecule has 13 heavy (non-hydrogen) atoms. The Hall–Kier alpha value is -1.16. The summed E-state index contributed by atoms with van der Waals surface area (Å²) in [4.78, 5) is 15.5. The molecule has 0 fully saturated rings. The van der Waals surface area contributed by atoms with Gasteiger partial charge < -0.3 is 9.30 Å². The van der Waals surface area contributed by atoms with Crippen molar-refractivity contribution in [2.45, 2.75) is 19.4 Å². The van der Waals surface area contributed by atoms with Crippen LogP contribution in [0.15, 0.2) is 12.4 Å². The largest absolute Gasteiger partial charge is 0.374 e. The van der Waals surface area contributed by atoms with E-state index in [0.717, 1.165) is 5.82 Å². The Bertz CT molecular complexity index is 294. The van der Waals surface area contributed by atoms with E-state index in [-0.39, 0.29) is 11.9 Å². The number of methoxy groups -OCH3 is 1. The summed E-state index contributed by atoms with van der Waals surface area (Å²) in [5.74, 6) is 0.825. The van der Waals surface area contributed by atoms with E-state index in [4.69, 9.17) is 4.74 Å². The maximum Gasteiger partial charge on any atom is 0.168 e. The van der Waals surface area contributed by atoms with Crippen LogP contribution >= 0.6 is 0 Å². The van der Waals surface area contributed by atoms with Gasteiger partial charge in [-0.05, 0) is 6.92 Å². The van der Waals surface area contributed by atoms with Gasteiger partial charge >= 0.3 is 0 Å². The number of Topliss-reactive ketones (excluding diaryl/α,β-unsaturated/α-hetero) is 1. The van der Waals surface area contributed by atoms with Gasteiger partial charge in [-0.2, -0.15) is 0 Å². The van der Waals surface area contributed by atoms with Crippen molar-refractivity contribution in [1.82, 2.24) is 9.55 Å². The normalized spacial score (nSPS) is 12.8. The minimum absolute atomic E-state index is 0.0526. The van der Waals surface area contributed by atoms with Crippen LogP contribution < -0.4 is 0 Å². The lowest BCUT2D eigenvalue weighted by Gasteiger charge is -2.07. The van der Waals surface area contributed by atoms with Gasteiger partial charge in [-0.3, -0.25) is 4.79 Å². The average molecular weight is 182 g/mol.